The first-order chi connectivity index (χ1) is 14.2. The van der Waals surface area contributed by atoms with E-state index in [9.17, 15) is 13.2 Å². The molecule has 0 radical (unpaired) electrons. The topological polar surface area (TPSA) is 84.9 Å². The first-order valence-electron chi connectivity index (χ1n) is 9.81. The molecule has 2 rings (SSSR count). The van der Waals surface area contributed by atoms with E-state index in [1.165, 1.54) is 0 Å². The lowest BCUT2D eigenvalue weighted by atomic mass is 10.0. The number of anilines is 1. The molecule has 0 aliphatic heterocycles. The van der Waals surface area contributed by atoms with Crippen molar-refractivity contribution in [2.24, 2.45) is 0 Å². The number of methoxy groups -OCH3 is 2. The lowest BCUT2D eigenvalue weighted by Gasteiger charge is -2.24. The summed E-state index contributed by atoms with van der Waals surface area (Å²) in [5, 5.41) is 2.93. The molecular formula is C22H30N2O5S. The number of amides is 1. The number of carbonyl (C=O) groups is 1. The molecule has 0 saturated heterocycles. The van der Waals surface area contributed by atoms with Crippen LogP contribution in [0.25, 0.3) is 0 Å². The van der Waals surface area contributed by atoms with Gasteiger partial charge in [0.15, 0.2) is 11.5 Å². The molecule has 30 heavy (non-hydrogen) atoms. The third-order valence-corrected chi connectivity index (χ3v) is 6.01. The van der Waals surface area contributed by atoms with Crippen LogP contribution in [0, 0.1) is 0 Å². The summed E-state index contributed by atoms with van der Waals surface area (Å²) < 4.78 is 36.3. The van der Waals surface area contributed by atoms with Gasteiger partial charge >= 0.3 is 0 Å². The second-order valence-corrected chi connectivity index (χ2v) is 8.84. The highest BCUT2D eigenvalue weighted by atomic mass is 32.2. The minimum atomic E-state index is -3.62. The fourth-order valence-electron chi connectivity index (χ4n) is 3.16. The van der Waals surface area contributed by atoms with Gasteiger partial charge in [0.25, 0.3) is 0 Å². The van der Waals surface area contributed by atoms with E-state index in [0.29, 0.717) is 23.6 Å². The van der Waals surface area contributed by atoms with Gasteiger partial charge in [-0.25, -0.2) is 8.42 Å². The van der Waals surface area contributed by atoms with Crippen LogP contribution in [0.3, 0.4) is 0 Å². The second kappa shape index (κ2) is 10.3. The van der Waals surface area contributed by atoms with Gasteiger partial charge in [-0.05, 0) is 48.2 Å². The Bertz CT molecular complexity index is 958. The average Bonchev–Trinajstić information content (AvgIpc) is 2.74. The summed E-state index contributed by atoms with van der Waals surface area (Å²) in [6, 6.07) is 12.3. The summed E-state index contributed by atoms with van der Waals surface area (Å²) in [5.74, 6) is 0.777. The van der Waals surface area contributed by atoms with Crippen LogP contribution in [-0.4, -0.2) is 41.3 Å². The maximum absolute atomic E-state index is 12.7. The highest BCUT2D eigenvalue weighted by molar-refractivity contribution is 7.92. The van der Waals surface area contributed by atoms with Crippen LogP contribution < -0.4 is 19.1 Å². The fourth-order valence-corrected chi connectivity index (χ4v) is 4.02. The molecule has 0 fully saturated rings. The van der Waals surface area contributed by atoms with Gasteiger partial charge in [-0.1, -0.05) is 32.0 Å². The molecule has 7 nitrogen and oxygen atoms in total. The van der Waals surface area contributed by atoms with Gasteiger partial charge in [0.1, 0.15) is 6.54 Å². The van der Waals surface area contributed by atoms with E-state index in [4.69, 9.17) is 9.47 Å². The lowest BCUT2D eigenvalue weighted by Crippen LogP contribution is -2.41. The van der Waals surface area contributed by atoms with E-state index in [2.05, 4.69) is 5.32 Å². The summed E-state index contributed by atoms with van der Waals surface area (Å²) in [5.41, 5.74) is 2.40. The van der Waals surface area contributed by atoms with Crippen molar-refractivity contribution >= 4 is 21.6 Å². The van der Waals surface area contributed by atoms with E-state index in [1.54, 1.807) is 32.4 Å². The van der Waals surface area contributed by atoms with Crippen LogP contribution in [0.2, 0.25) is 0 Å². The molecule has 0 aromatic heterocycles. The van der Waals surface area contributed by atoms with Crippen LogP contribution in [0.15, 0.2) is 42.5 Å². The highest BCUT2D eigenvalue weighted by Gasteiger charge is 2.23. The van der Waals surface area contributed by atoms with Gasteiger partial charge in [-0.15, -0.1) is 0 Å². The van der Waals surface area contributed by atoms with E-state index in [0.717, 1.165) is 28.1 Å². The first kappa shape index (κ1) is 23.5. The Morgan fingerprint density at radius 3 is 2.17 bits per heavy atom. The van der Waals surface area contributed by atoms with Gasteiger partial charge < -0.3 is 14.8 Å². The number of hydrogen-bond acceptors (Lipinski definition) is 5. The molecule has 0 bridgehead atoms. The van der Waals surface area contributed by atoms with Crippen LogP contribution in [-0.2, 0) is 21.2 Å². The molecule has 0 heterocycles. The Kier molecular flexibility index (Phi) is 8.11. The predicted octanol–water partition coefficient (Wildman–Crippen LogP) is 3.30. The molecule has 1 unspecified atom stereocenters. The SMILES string of the molecule is CCc1ccc(N(CC(=O)NC(CC)c2ccc(OC)c(OC)c2)S(C)(=O)=O)cc1. The predicted molar refractivity (Wildman–Crippen MR) is 119 cm³/mol. The van der Waals surface area contributed by atoms with Crippen molar-refractivity contribution < 1.29 is 22.7 Å². The monoisotopic (exact) mass is 434 g/mol. The largest absolute Gasteiger partial charge is 0.493 e. The molecule has 2 aromatic rings. The number of ether oxygens (including phenoxy) is 2. The molecule has 1 N–H and O–H groups in total. The molecule has 0 aliphatic rings. The number of sulfonamides is 1. The molecule has 8 heteroatoms. The van der Waals surface area contributed by atoms with Crippen molar-refractivity contribution in [3.05, 3.63) is 53.6 Å². The molecule has 2 aromatic carbocycles. The first-order valence-corrected chi connectivity index (χ1v) is 11.7. The molecule has 0 spiro atoms. The van der Waals surface area contributed by atoms with Crippen LogP contribution in [0.4, 0.5) is 5.69 Å². The van der Waals surface area contributed by atoms with Gasteiger partial charge in [0.2, 0.25) is 15.9 Å². The zero-order valence-corrected chi connectivity index (χ0v) is 19.0. The van der Waals surface area contributed by atoms with Crippen LogP contribution >= 0.6 is 0 Å². The Balaban J connectivity index is 2.20. The number of nitrogens with one attached hydrogen (secondary N) is 1. The van der Waals surface area contributed by atoms with E-state index >= 15 is 0 Å². The number of benzene rings is 2. The summed E-state index contributed by atoms with van der Waals surface area (Å²) in [7, 11) is -0.514. The normalized spacial score (nSPS) is 12.2. The molecule has 1 amide bonds. The molecular weight excluding hydrogens is 404 g/mol. The van der Waals surface area contributed by atoms with Crippen molar-refractivity contribution in [1.82, 2.24) is 5.32 Å². The minimum Gasteiger partial charge on any atom is -0.493 e. The highest BCUT2D eigenvalue weighted by Crippen LogP contribution is 2.31. The second-order valence-electron chi connectivity index (χ2n) is 6.93. The number of rotatable bonds is 10. The summed E-state index contributed by atoms with van der Waals surface area (Å²) >= 11 is 0. The molecule has 0 saturated carbocycles. The van der Waals surface area contributed by atoms with Crippen molar-refractivity contribution in [2.45, 2.75) is 32.7 Å². The van der Waals surface area contributed by atoms with Crippen molar-refractivity contribution in [2.75, 3.05) is 31.3 Å². The quantitative estimate of drug-likeness (QED) is 0.620. The van der Waals surface area contributed by atoms with Gasteiger partial charge in [-0.2, -0.15) is 0 Å². The number of aryl methyl sites for hydroxylation is 1. The standard InChI is InChI=1S/C22H30N2O5S/c1-6-16-8-11-18(12-9-16)24(30(5,26)27)15-22(25)23-19(7-2)17-10-13-20(28-3)21(14-17)29-4/h8-14,19H,6-7,15H2,1-5H3,(H,23,25). The van der Waals surface area contributed by atoms with Crippen LogP contribution in [0.1, 0.15) is 37.4 Å². The molecule has 0 aliphatic carbocycles. The zero-order valence-electron chi connectivity index (χ0n) is 18.1. The minimum absolute atomic E-state index is 0.291. The van der Waals surface area contributed by atoms with Crippen LogP contribution in [0.5, 0.6) is 11.5 Å². The third-order valence-electron chi connectivity index (χ3n) is 4.87. The maximum Gasteiger partial charge on any atom is 0.241 e. The number of hydrogen-bond donors (Lipinski definition) is 1. The lowest BCUT2D eigenvalue weighted by molar-refractivity contribution is -0.120. The Hall–Kier alpha value is -2.74. The van der Waals surface area contributed by atoms with Gasteiger partial charge in [0, 0.05) is 0 Å². The number of nitrogens with zero attached hydrogens (tertiary/aromatic N) is 1. The summed E-state index contributed by atoms with van der Waals surface area (Å²) in [6.45, 7) is 3.67. The molecule has 1 atom stereocenters. The molecule has 164 valence electrons. The van der Waals surface area contributed by atoms with E-state index in [1.807, 2.05) is 38.1 Å². The van der Waals surface area contributed by atoms with E-state index < -0.39 is 10.0 Å². The van der Waals surface area contributed by atoms with Gasteiger partial charge in [0.05, 0.1) is 32.2 Å². The van der Waals surface area contributed by atoms with Gasteiger partial charge in [-0.3, -0.25) is 9.10 Å². The maximum atomic E-state index is 12.7. The Morgan fingerprint density at radius 2 is 1.67 bits per heavy atom. The summed E-state index contributed by atoms with van der Waals surface area (Å²) in [6.07, 6.45) is 2.58. The van der Waals surface area contributed by atoms with E-state index in [-0.39, 0.29) is 18.5 Å². The smallest absolute Gasteiger partial charge is 0.241 e. The zero-order chi connectivity index (χ0) is 22.3. The fraction of sp³-hybridized carbons (Fsp3) is 0.409. The average molecular weight is 435 g/mol. The number of carbonyl (C=O) groups excluding carboxylic acids is 1. The van der Waals surface area contributed by atoms with Crippen molar-refractivity contribution in [3.63, 3.8) is 0 Å². The van der Waals surface area contributed by atoms with Crippen molar-refractivity contribution in [1.29, 1.82) is 0 Å². The Labute approximate surface area is 179 Å². The van der Waals surface area contributed by atoms with Crippen molar-refractivity contribution in [3.8, 4) is 11.5 Å². The third kappa shape index (κ3) is 5.89. The Morgan fingerprint density at radius 1 is 1.03 bits per heavy atom. The summed E-state index contributed by atoms with van der Waals surface area (Å²) in [4.78, 5) is 12.7.